The van der Waals surface area contributed by atoms with Crippen LogP contribution < -0.4 is 5.32 Å². The fourth-order valence-electron chi connectivity index (χ4n) is 3.45. The van der Waals surface area contributed by atoms with Crippen LogP contribution in [-0.4, -0.2) is 41.1 Å². The predicted octanol–water partition coefficient (Wildman–Crippen LogP) is 1.64. The fraction of sp³-hybridized carbons (Fsp3) is 0.562. The first-order valence-corrected chi connectivity index (χ1v) is 7.47. The highest BCUT2D eigenvalue weighted by Crippen LogP contribution is 2.22. The molecule has 2 aliphatic heterocycles. The maximum Gasteiger partial charge on any atom is 0.307 e. The molecule has 1 aromatic carbocycles. The van der Waals surface area contributed by atoms with Gasteiger partial charge < -0.3 is 10.4 Å². The van der Waals surface area contributed by atoms with Gasteiger partial charge in [-0.05, 0) is 30.4 Å². The standard InChI is InChI=1S/C16H22N2O2/c19-16(20)9-12-3-1-2-4-13(12)10-18-8-7-14-5-6-15(11-18)17-14/h1-4,14-15,17H,5-11H2,(H,19,20). The lowest BCUT2D eigenvalue weighted by Gasteiger charge is -2.25. The summed E-state index contributed by atoms with van der Waals surface area (Å²) in [7, 11) is 0. The van der Waals surface area contributed by atoms with Crippen LogP contribution in [0.15, 0.2) is 24.3 Å². The van der Waals surface area contributed by atoms with Gasteiger partial charge >= 0.3 is 5.97 Å². The minimum Gasteiger partial charge on any atom is -0.481 e. The number of rotatable bonds is 4. The predicted molar refractivity (Wildman–Crippen MR) is 77.6 cm³/mol. The van der Waals surface area contributed by atoms with E-state index in [0.29, 0.717) is 12.1 Å². The van der Waals surface area contributed by atoms with Gasteiger partial charge in [0.15, 0.2) is 0 Å². The topological polar surface area (TPSA) is 52.6 Å². The Morgan fingerprint density at radius 3 is 2.75 bits per heavy atom. The van der Waals surface area contributed by atoms with Gasteiger partial charge in [-0.2, -0.15) is 0 Å². The van der Waals surface area contributed by atoms with Crippen molar-refractivity contribution < 1.29 is 9.90 Å². The number of carboxylic acid groups (broad SMARTS) is 1. The fourth-order valence-corrected chi connectivity index (χ4v) is 3.45. The van der Waals surface area contributed by atoms with E-state index in [-0.39, 0.29) is 6.42 Å². The van der Waals surface area contributed by atoms with Crippen LogP contribution in [0, 0.1) is 0 Å². The summed E-state index contributed by atoms with van der Waals surface area (Å²) in [6.07, 6.45) is 3.91. The Balaban J connectivity index is 1.69. The van der Waals surface area contributed by atoms with Crippen molar-refractivity contribution in [3.8, 4) is 0 Å². The summed E-state index contributed by atoms with van der Waals surface area (Å²) in [5.74, 6) is -0.756. The van der Waals surface area contributed by atoms with E-state index in [1.807, 2.05) is 18.2 Å². The van der Waals surface area contributed by atoms with Crippen molar-refractivity contribution in [2.24, 2.45) is 0 Å². The number of aliphatic carboxylic acids is 1. The lowest BCUT2D eigenvalue weighted by Crippen LogP contribution is -2.35. The van der Waals surface area contributed by atoms with E-state index in [9.17, 15) is 4.79 Å². The largest absolute Gasteiger partial charge is 0.481 e. The number of carboxylic acids is 1. The van der Waals surface area contributed by atoms with E-state index in [0.717, 1.165) is 30.8 Å². The average molecular weight is 274 g/mol. The molecule has 2 bridgehead atoms. The van der Waals surface area contributed by atoms with Gasteiger partial charge in [-0.1, -0.05) is 24.3 Å². The average Bonchev–Trinajstić information content (AvgIpc) is 2.74. The van der Waals surface area contributed by atoms with Crippen LogP contribution in [0.4, 0.5) is 0 Å². The van der Waals surface area contributed by atoms with Crippen LogP contribution in [0.1, 0.15) is 30.4 Å². The van der Waals surface area contributed by atoms with Gasteiger partial charge in [-0.3, -0.25) is 9.69 Å². The van der Waals surface area contributed by atoms with E-state index < -0.39 is 5.97 Å². The van der Waals surface area contributed by atoms with Crippen molar-refractivity contribution in [3.05, 3.63) is 35.4 Å². The summed E-state index contributed by atoms with van der Waals surface area (Å²) in [5.41, 5.74) is 2.11. The SMILES string of the molecule is O=C(O)Cc1ccccc1CN1CCC2CCC(C1)N2. The van der Waals surface area contributed by atoms with Crippen LogP contribution in [0.2, 0.25) is 0 Å². The monoisotopic (exact) mass is 274 g/mol. The molecular weight excluding hydrogens is 252 g/mol. The zero-order chi connectivity index (χ0) is 13.9. The first-order valence-electron chi connectivity index (χ1n) is 7.47. The van der Waals surface area contributed by atoms with E-state index in [2.05, 4.69) is 16.3 Å². The lowest BCUT2D eigenvalue weighted by atomic mass is 10.0. The van der Waals surface area contributed by atoms with Crippen molar-refractivity contribution >= 4 is 5.97 Å². The van der Waals surface area contributed by atoms with Gasteiger partial charge in [-0.25, -0.2) is 0 Å². The Labute approximate surface area is 119 Å². The van der Waals surface area contributed by atoms with Gasteiger partial charge in [0.05, 0.1) is 6.42 Å². The summed E-state index contributed by atoms with van der Waals surface area (Å²) < 4.78 is 0. The lowest BCUT2D eigenvalue weighted by molar-refractivity contribution is -0.136. The molecular formula is C16H22N2O2. The second kappa shape index (κ2) is 5.94. The third-order valence-corrected chi connectivity index (χ3v) is 4.46. The van der Waals surface area contributed by atoms with Crippen molar-refractivity contribution in [2.75, 3.05) is 13.1 Å². The second-order valence-electron chi connectivity index (χ2n) is 6.00. The molecule has 4 nitrogen and oxygen atoms in total. The smallest absolute Gasteiger partial charge is 0.307 e. The van der Waals surface area contributed by atoms with E-state index >= 15 is 0 Å². The molecule has 2 unspecified atom stereocenters. The first-order chi connectivity index (χ1) is 9.70. The number of likely N-dealkylation sites (tertiary alicyclic amines) is 1. The maximum absolute atomic E-state index is 10.9. The molecule has 2 atom stereocenters. The minimum absolute atomic E-state index is 0.119. The molecule has 2 N–H and O–H groups in total. The van der Waals surface area contributed by atoms with E-state index in [1.54, 1.807) is 0 Å². The Hall–Kier alpha value is -1.39. The van der Waals surface area contributed by atoms with Gasteiger partial charge in [0.1, 0.15) is 0 Å². The molecule has 1 aromatic rings. The van der Waals surface area contributed by atoms with Crippen molar-refractivity contribution in [3.63, 3.8) is 0 Å². The minimum atomic E-state index is -0.756. The van der Waals surface area contributed by atoms with Crippen molar-refractivity contribution in [2.45, 2.75) is 44.3 Å². The quantitative estimate of drug-likeness (QED) is 0.876. The van der Waals surface area contributed by atoms with Crippen LogP contribution in [0.5, 0.6) is 0 Å². The van der Waals surface area contributed by atoms with Gasteiger partial charge in [0.2, 0.25) is 0 Å². The van der Waals surface area contributed by atoms with Crippen LogP contribution in [-0.2, 0) is 17.8 Å². The molecule has 0 spiro atoms. The Bertz CT molecular complexity index is 489. The van der Waals surface area contributed by atoms with E-state index in [1.165, 1.54) is 19.3 Å². The van der Waals surface area contributed by atoms with Crippen molar-refractivity contribution in [1.29, 1.82) is 0 Å². The van der Waals surface area contributed by atoms with Gasteiger partial charge in [0, 0.05) is 31.7 Å². The third-order valence-electron chi connectivity index (χ3n) is 4.46. The Morgan fingerprint density at radius 1 is 1.20 bits per heavy atom. The Morgan fingerprint density at radius 2 is 1.95 bits per heavy atom. The normalized spacial score (nSPS) is 26.4. The molecule has 0 radical (unpaired) electrons. The number of hydrogen-bond donors (Lipinski definition) is 2. The summed E-state index contributed by atoms with van der Waals surface area (Å²) in [6, 6.07) is 9.24. The van der Waals surface area contributed by atoms with Gasteiger partial charge in [-0.15, -0.1) is 0 Å². The van der Waals surface area contributed by atoms with Crippen molar-refractivity contribution in [1.82, 2.24) is 10.2 Å². The van der Waals surface area contributed by atoms with Gasteiger partial charge in [0.25, 0.3) is 0 Å². The molecule has 2 fully saturated rings. The summed E-state index contributed by atoms with van der Waals surface area (Å²) in [6.45, 7) is 3.06. The number of nitrogens with zero attached hydrogens (tertiary/aromatic N) is 1. The highest BCUT2D eigenvalue weighted by atomic mass is 16.4. The highest BCUT2D eigenvalue weighted by molar-refractivity contribution is 5.70. The zero-order valence-corrected chi connectivity index (χ0v) is 11.7. The molecule has 20 heavy (non-hydrogen) atoms. The maximum atomic E-state index is 10.9. The Kier molecular flexibility index (Phi) is 4.03. The third kappa shape index (κ3) is 3.19. The molecule has 2 aliphatic rings. The molecule has 0 aliphatic carbocycles. The van der Waals surface area contributed by atoms with Crippen LogP contribution in [0.25, 0.3) is 0 Å². The number of hydrogen-bond acceptors (Lipinski definition) is 3. The number of carbonyl (C=O) groups is 1. The summed E-state index contributed by atoms with van der Waals surface area (Å²) in [4.78, 5) is 13.4. The zero-order valence-electron chi connectivity index (χ0n) is 11.7. The molecule has 0 amide bonds. The molecule has 0 aromatic heterocycles. The molecule has 0 saturated carbocycles. The van der Waals surface area contributed by atoms with Crippen LogP contribution >= 0.6 is 0 Å². The second-order valence-corrected chi connectivity index (χ2v) is 6.00. The number of fused-ring (bicyclic) bond motifs is 2. The van der Waals surface area contributed by atoms with Crippen LogP contribution in [0.3, 0.4) is 0 Å². The van der Waals surface area contributed by atoms with E-state index in [4.69, 9.17) is 5.11 Å². The number of benzene rings is 1. The molecule has 2 heterocycles. The molecule has 108 valence electrons. The first kappa shape index (κ1) is 13.6. The molecule has 2 saturated heterocycles. The molecule has 3 rings (SSSR count). The molecule has 4 heteroatoms. The summed E-state index contributed by atoms with van der Waals surface area (Å²) in [5, 5.41) is 12.7. The summed E-state index contributed by atoms with van der Waals surface area (Å²) >= 11 is 0. The number of nitrogens with one attached hydrogen (secondary N) is 1. The highest BCUT2D eigenvalue weighted by Gasteiger charge is 2.29.